The fourth-order valence-corrected chi connectivity index (χ4v) is 2.88. The molecule has 0 unspecified atom stereocenters. The molecule has 0 aliphatic carbocycles. The molecule has 0 radical (unpaired) electrons. The molecule has 0 saturated carbocycles. The largest absolute Gasteiger partial charge is 0.396 e. The van der Waals surface area contributed by atoms with Crippen molar-refractivity contribution in [3.8, 4) is 0 Å². The minimum Gasteiger partial charge on any atom is -0.396 e. The predicted octanol–water partition coefficient (Wildman–Crippen LogP) is 2.16. The number of carbonyl (C=O) groups is 1. The third-order valence-corrected chi connectivity index (χ3v) is 4.17. The number of nitrogens with zero attached hydrogens (tertiary/aromatic N) is 1. The molecule has 0 spiro atoms. The van der Waals surface area contributed by atoms with Crippen LogP contribution < -0.4 is 0 Å². The summed E-state index contributed by atoms with van der Waals surface area (Å²) in [6.45, 7) is 5.14. The first-order chi connectivity index (χ1) is 9.11. The number of aliphatic hydroxyl groups excluding tert-OH is 1. The quantitative estimate of drug-likeness (QED) is 0.905. The first kappa shape index (κ1) is 14.1. The highest BCUT2D eigenvalue weighted by molar-refractivity contribution is 5.79. The van der Waals surface area contributed by atoms with Crippen molar-refractivity contribution in [3.05, 3.63) is 35.4 Å². The fraction of sp³-hybridized carbons (Fsp3) is 0.562. The van der Waals surface area contributed by atoms with Gasteiger partial charge in [0.25, 0.3) is 0 Å². The summed E-state index contributed by atoms with van der Waals surface area (Å²) in [5.41, 5.74) is 2.29. The zero-order chi connectivity index (χ0) is 13.8. The minimum atomic E-state index is 0.207. The van der Waals surface area contributed by atoms with E-state index in [9.17, 15) is 9.90 Å². The highest BCUT2D eigenvalue weighted by atomic mass is 16.3. The summed E-state index contributed by atoms with van der Waals surface area (Å²) < 4.78 is 0. The van der Waals surface area contributed by atoms with Crippen LogP contribution in [0.5, 0.6) is 0 Å². The summed E-state index contributed by atoms with van der Waals surface area (Å²) in [7, 11) is 0. The molecule has 3 nitrogen and oxygen atoms in total. The van der Waals surface area contributed by atoms with Crippen LogP contribution in [0.15, 0.2) is 24.3 Å². The lowest BCUT2D eigenvalue weighted by atomic mass is 9.91. The molecular formula is C16H23NO2. The van der Waals surface area contributed by atoms with Crippen molar-refractivity contribution in [1.82, 2.24) is 4.90 Å². The van der Waals surface area contributed by atoms with Gasteiger partial charge in [-0.3, -0.25) is 4.79 Å². The first-order valence-corrected chi connectivity index (χ1v) is 7.06. The second-order valence-electron chi connectivity index (χ2n) is 5.61. The molecule has 2 rings (SSSR count). The summed E-state index contributed by atoms with van der Waals surface area (Å²) in [6, 6.07) is 8.29. The second kappa shape index (κ2) is 6.20. The molecule has 3 heteroatoms. The van der Waals surface area contributed by atoms with E-state index >= 15 is 0 Å². The second-order valence-corrected chi connectivity index (χ2v) is 5.61. The molecule has 1 amide bonds. The standard InChI is InChI=1S/C16H23NO2/c1-12-5-3-4-6-15(12)10-16(19)17-8-7-14(11-18)9-13(17)2/h3-6,13-14,18H,7-11H2,1-2H3/t13-,14-/m0/s1. The number of amides is 1. The molecule has 1 fully saturated rings. The van der Waals surface area contributed by atoms with Gasteiger partial charge in [-0.1, -0.05) is 24.3 Å². The molecule has 19 heavy (non-hydrogen) atoms. The van der Waals surface area contributed by atoms with E-state index in [1.807, 2.05) is 36.1 Å². The number of hydrogen-bond donors (Lipinski definition) is 1. The van der Waals surface area contributed by atoms with Crippen LogP contribution in [0.3, 0.4) is 0 Å². The van der Waals surface area contributed by atoms with E-state index in [-0.39, 0.29) is 18.6 Å². The van der Waals surface area contributed by atoms with E-state index in [1.165, 1.54) is 5.56 Å². The number of piperidine rings is 1. The Balaban J connectivity index is 1.99. The van der Waals surface area contributed by atoms with Gasteiger partial charge in [0.15, 0.2) is 0 Å². The zero-order valence-electron chi connectivity index (χ0n) is 11.8. The number of aryl methyl sites for hydroxylation is 1. The van der Waals surface area contributed by atoms with Crippen molar-refractivity contribution in [1.29, 1.82) is 0 Å². The Kier molecular flexibility index (Phi) is 4.59. The van der Waals surface area contributed by atoms with Gasteiger partial charge < -0.3 is 10.0 Å². The lowest BCUT2D eigenvalue weighted by Crippen LogP contribution is -2.45. The van der Waals surface area contributed by atoms with E-state index in [0.717, 1.165) is 24.9 Å². The number of aliphatic hydroxyl groups is 1. The summed E-state index contributed by atoms with van der Waals surface area (Å²) in [4.78, 5) is 14.4. The number of benzene rings is 1. The smallest absolute Gasteiger partial charge is 0.227 e. The van der Waals surface area contributed by atoms with Crippen LogP contribution in [0.25, 0.3) is 0 Å². The van der Waals surface area contributed by atoms with Crippen LogP contribution >= 0.6 is 0 Å². The molecule has 1 heterocycles. The van der Waals surface area contributed by atoms with Gasteiger partial charge in [0, 0.05) is 19.2 Å². The van der Waals surface area contributed by atoms with Gasteiger partial charge in [-0.25, -0.2) is 0 Å². The third kappa shape index (κ3) is 3.35. The number of rotatable bonds is 3. The number of hydrogen-bond acceptors (Lipinski definition) is 2. The Morgan fingerprint density at radius 2 is 2.16 bits per heavy atom. The van der Waals surface area contributed by atoms with Crippen molar-refractivity contribution in [2.75, 3.05) is 13.2 Å². The maximum atomic E-state index is 12.4. The van der Waals surface area contributed by atoms with Gasteiger partial charge in [0.1, 0.15) is 0 Å². The fourth-order valence-electron chi connectivity index (χ4n) is 2.88. The van der Waals surface area contributed by atoms with E-state index in [1.54, 1.807) is 0 Å². The lowest BCUT2D eigenvalue weighted by Gasteiger charge is -2.37. The monoisotopic (exact) mass is 261 g/mol. The van der Waals surface area contributed by atoms with Crippen LogP contribution in [0.1, 0.15) is 30.9 Å². The number of likely N-dealkylation sites (tertiary alicyclic amines) is 1. The molecule has 1 aliphatic heterocycles. The minimum absolute atomic E-state index is 0.207. The Labute approximate surface area is 115 Å². The molecule has 0 aromatic heterocycles. The van der Waals surface area contributed by atoms with Gasteiger partial charge in [-0.05, 0) is 43.7 Å². The van der Waals surface area contributed by atoms with Gasteiger partial charge in [0.2, 0.25) is 5.91 Å². The maximum absolute atomic E-state index is 12.4. The van der Waals surface area contributed by atoms with Gasteiger partial charge in [-0.15, -0.1) is 0 Å². The van der Waals surface area contributed by atoms with E-state index in [4.69, 9.17) is 0 Å². The molecule has 1 aromatic rings. The van der Waals surface area contributed by atoms with E-state index < -0.39 is 0 Å². The van der Waals surface area contributed by atoms with Crippen molar-refractivity contribution in [2.24, 2.45) is 5.92 Å². The number of carbonyl (C=O) groups excluding carboxylic acids is 1. The summed E-state index contributed by atoms with van der Waals surface area (Å²) >= 11 is 0. The Bertz CT molecular complexity index is 444. The van der Waals surface area contributed by atoms with Crippen LogP contribution in [0, 0.1) is 12.8 Å². The summed E-state index contributed by atoms with van der Waals surface area (Å²) in [6.07, 6.45) is 2.32. The molecule has 104 valence electrons. The Morgan fingerprint density at radius 1 is 1.42 bits per heavy atom. The van der Waals surface area contributed by atoms with E-state index in [2.05, 4.69) is 6.92 Å². The first-order valence-electron chi connectivity index (χ1n) is 7.06. The van der Waals surface area contributed by atoms with Gasteiger partial charge in [0.05, 0.1) is 6.42 Å². The van der Waals surface area contributed by atoms with Crippen LogP contribution in [-0.4, -0.2) is 35.1 Å². The van der Waals surface area contributed by atoms with Crippen LogP contribution in [-0.2, 0) is 11.2 Å². The normalized spacial score (nSPS) is 23.4. The highest BCUT2D eigenvalue weighted by Crippen LogP contribution is 2.23. The zero-order valence-corrected chi connectivity index (χ0v) is 11.8. The molecule has 0 bridgehead atoms. The maximum Gasteiger partial charge on any atom is 0.227 e. The van der Waals surface area contributed by atoms with Crippen molar-refractivity contribution in [3.63, 3.8) is 0 Å². The highest BCUT2D eigenvalue weighted by Gasteiger charge is 2.28. The van der Waals surface area contributed by atoms with Crippen molar-refractivity contribution < 1.29 is 9.90 Å². The average molecular weight is 261 g/mol. The van der Waals surface area contributed by atoms with Gasteiger partial charge >= 0.3 is 0 Å². The van der Waals surface area contributed by atoms with Crippen molar-refractivity contribution >= 4 is 5.91 Å². The summed E-state index contributed by atoms with van der Waals surface area (Å²) in [5.74, 6) is 0.565. The lowest BCUT2D eigenvalue weighted by molar-refractivity contribution is -0.134. The van der Waals surface area contributed by atoms with E-state index in [0.29, 0.717) is 12.3 Å². The predicted molar refractivity (Wildman–Crippen MR) is 75.9 cm³/mol. The molecule has 1 aliphatic rings. The van der Waals surface area contributed by atoms with Crippen LogP contribution in [0.2, 0.25) is 0 Å². The Morgan fingerprint density at radius 3 is 2.79 bits per heavy atom. The molecule has 1 N–H and O–H groups in total. The molecule has 1 saturated heterocycles. The third-order valence-electron chi connectivity index (χ3n) is 4.17. The van der Waals surface area contributed by atoms with Crippen molar-refractivity contribution in [2.45, 2.75) is 39.2 Å². The molecular weight excluding hydrogens is 238 g/mol. The summed E-state index contributed by atoms with van der Waals surface area (Å²) in [5, 5.41) is 9.20. The molecule has 2 atom stereocenters. The van der Waals surface area contributed by atoms with Gasteiger partial charge in [-0.2, -0.15) is 0 Å². The Hall–Kier alpha value is -1.35. The topological polar surface area (TPSA) is 40.5 Å². The average Bonchev–Trinajstić information content (AvgIpc) is 2.41. The SMILES string of the molecule is Cc1ccccc1CC(=O)N1CC[C@H](CO)C[C@@H]1C. The molecule has 1 aromatic carbocycles. The van der Waals surface area contributed by atoms with Crippen LogP contribution in [0.4, 0.5) is 0 Å².